The van der Waals surface area contributed by atoms with Crippen molar-refractivity contribution in [2.24, 2.45) is 0 Å². The van der Waals surface area contributed by atoms with Crippen LogP contribution in [0.5, 0.6) is 0 Å². The lowest BCUT2D eigenvalue weighted by Crippen LogP contribution is -2.44. The van der Waals surface area contributed by atoms with Crippen molar-refractivity contribution in [2.75, 3.05) is 6.67 Å². The summed E-state index contributed by atoms with van der Waals surface area (Å²) in [5.41, 5.74) is 0. The van der Waals surface area contributed by atoms with E-state index in [1.54, 1.807) is 0 Å². The summed E-state index contributed by atoms with van der Waals surface area (Å²) < 4.78 is 5.79. The summed E-state index contributed by atoms with van der Waals surface area (Å²) in [7, 11) is 0. The minimum Gasteiger partial charge on any atom is -0.373 e. The normalized spacial score (nSPS) is 44.3. The Bertz CT molecular complexity index is 282. The summed E-state index contributed by atoms with van der Waals surface area (Å²) in [5, 5.41) is 3.26. The first-order chi connectivity index (χ1) is 7.29. The smallest absolute Gasteiger partial charge is 0.241 e. The molecule has 3 aliphatic rings. The molecule has 0 saturated carbocycles. The lowest BCUT2D eigenvalue weighted by atomic mass is 9.94. The van der Waals surface area contributed by atoms with Crippen molar-refractivity contribution in [3.8, 4) is 0 Å². The second-order valence-corrected chi connectivity index (χ2v) is 4.81. The Morgan fingerprint density at radius 1 is 1.53 bits per heavy atom. The molecule has 2 bridgehead atoms. The van der Waals surface area contributed by atoms with Gasteiger partial charge in [-0.3, -0.25) is 10.1 Å². The molecule has 0 aliphatic carbocycles. The fraction of sp³-hybridized carbons (Fsp3) is 0.909. The molecule has 3 heterocycles. The molecule has 3 saturated heterocycles. The first-order valence-electron chi connectivity index (χ1n) is 5.99. The number of nitrogens with zero attached hydrogens (tertiary/aromatic N) is 1. The van der Waals surface area contributed by atoms with Crippen LogP contribution in [0, 0.1) is 0 Å². The standard InChI is InChI=1S/C11H18N2O2/c1-2-8-11(14)13(6-12-8)9-5-7-3-4-10(9)15-7/h7-10,12H,2-6H2,1H3. The number of carbonyl (C=O) groups excluding carboxylic acids is 1. The van der Waals surface area contributed by atoms with Crippen LogP contribution in [-0.4, -0.2) is 41.8 Å². The summed E-state index contributed by atoms with van der Waals surface area (Å²) in [6, 6.07) is 0.393. The van der Waals surface area contributed by atoms with Gasteiger partial charge in [-0.2, -0.15) is 0 Å². The van der Waals surface area contributed by atoms with Gasteiger partial charge in [-0.1, -0.05) is 6.92 Å². The number of fused-ring (bicyclic) bond motifs is 2. The largest absolute Gasteiger partial charge is 0.373 e. The lowest BCUT2D eigenvalue weighted by molar-refractivity contribution is -0.131. The van der Waals surface area contributed by atoms with E-state index in [1.807, 2.05) is 4.90 Å². The van der Waals surface area contributed by atoms with Gasteiger partial charge in [0.2, 0.25) is 5.91 Å². The van der Waals surface area contributed by atoms with Gasteiger partial charge in [0.1, 0.15) is 0 Å². The molecule has 15 heavy (non-hydrogen) atoms. The molecule has 0 aromatic heterocycles. The maximum absolute atomic E-state index is 12.0. The summed E-state index contributed by atoms with van der Waals surface area (Å²) in [5.74, 6) is 0.277. The highest BCUT2D eigenvalue weighted by Gasteiger charge is 2.47. The number of nitrogens with one attached hydrogen (secondary N) is 1. The van der Waals surface area contributed by atoms with Crippen LogP contribution in [0.4, 0.5) is 0 Å². The quantitative estimate of drug-likeness (QED) is 0.720. The molecule has 0 aromatic carbocycles. The Morgan fingerprint density at radius 3 is 2.93 bits per heavy atom. The van der Waals surface area contributed by atoms with Crippen LogP contribution in [0.1, 0.15) is 32.6 Å². The van der Waals surface area contributed by atoms with Crippen molar-refractivity contribution in [3.05, 3.63) is 0 Å². The van der Waals surface area contributed by atoms with Crippen molar-refractivity contribution in [3.63, 3.8) is 0 Å². The molecular formula is C11H18N2O2. The molecule has 4 nitrogen and oxygen atoms in total. The van der Waals surface area contributed by atoms with Gasteiger partial charge in [-0.15, -0.1) is 0 Å². The van der Waals surface area contributed by atoms with Crippen molar-refractivity contribution in [2.45, 2.75) is 56.9 Å². The monoisotopic (exact) mass is 210 g/mol. The Balaban J connectivity index is 1.71. The highest BCUT2D eigenvalue weighted by molar-refractivity contribution is 5.84. The van der Waals surface area contributed by atoms with Crippen LogP contribution < -0.4 is 5.32 Å². The Hall–Kier alpha value is -0.610. The van der Waals surface area contributed by atoms with E-state index >= 15 is 0 Å². The molecule has 84 valence electrons. The van der Waals surface area contributed by atoms with Crippen LogP contribution in [0.2, 0.25) is 0 Å². The number of hydrogen-bond acceptors (Lipinski definition) is 3. The highest BCUT2D eigenvalue weighted by atomic mass is 16.5. The number of amides is 1. The average molecular weight is 210 g/mol. The SMILES string of the molecule is CCC1NCN(C2CC3CCC2O3)C1=O. The van der Waals surface area contributed by atoms with E-state index in [2.05, 4.69) is 12.2 Å². The van der Waals surface area contributed by atoms with Gasteiger partial charge >= 0.3 is 0 Å². The van der Waals surface area contributed by atoms with Gasteiger partial charge in [-0.25, -0.2) is 0 Å². The lowest BCUT2D eigenvalue weighted by Gasteiger charge is -2.28. The minimum absolute atomic E-state index is 0.0455. The van der Waals surface area contributed by atoms with E-state index in [9.17, 15) is 4.79 Å². The zero-order valence-corrected chi connectivity index (χ0v) is 9.11. The van der Waals surface area contributed by atoms with E-state index in [4.69, 9.17) is 4.74 Å². The van der Waals surface area contributed by atoms with Crippen LogP contribution >= 0.6 is 0 Å². The van der Waals surface area contributed by atoms with Crippen molar-refractivity contribution in [1.29, 1.82) is 0 Å². The van der Waals surface area contributed by atoms with Crippen molar-refractivity contribution >= 4 is 5.91 Å². The summed E-state index contributed by atoms with van der Waals surface area (Å²) >= 11 is 0. The molecule has 1 amide bonds. The van der Waals surface area contributed by atoms with Crippen LogP contribution in [0.25, 0.3) is 0 Å². The maximum atomic E-state index is 12.0. The van der Waals surface area contributed by atoms with Gasteiger partial charge in [0.05, 0.1) is 31.0 Å². The molecule has 4 atom stereocenters. The van der Waals surface area contributed by atoms with Crippen LogP contribution in [0.3, 0.4) is 0 Å². The predicted molar refractivity (Wildman–Crippen MR) is 55.2 cm³/mol. The zero-order chi connectivity index (χ0) is 10.4. The van der Waals surface area contributed by atoms with E-state index in [0.29, 0.717) is 24.9 Å². The molecule has 4 unspecified atom stereocenters. The van der Waals surface area contributed by atoms with Crippen molar-refractivity contribution < 1.29 is 9.53 Å². The van der Waals surface area contributed by atoms with E-state index in [0.717, 1.165) is 19.3 Å². The van der Waals surface area contributed by atoms with Crippen LogP contribution in [-0.2, 0) is 9.53 Å². The Kier molecular flexibility index (Phi) is 2.21. The molecule has 3 aliphatic heterocycles. The van der Waals surface area contributed by atoms with Crippen molar-refractivity contribution in [1.82, 2.24) is 10.2 Å². The van der Waals surface area contributed by atoms with Crippen LogP contribution in [0.15, 0.2) is 0 Å². The zero-order valence-electron chi connectivity index (χ0n) is 9.11. The summed E-state index contributed by atoms with van der Waals surface area (Å²) in [6.07, 6.45) is 5.00. The number of ether oxygens (including phenoxy) is 1. The second kappa shape index (κ2) is 3.46. The summed E-state index contributed by atoms with van der Waals surface area (Å²) in [4.78, 5) is 14.0. The average Bonchev–Trinajstić information content (AvgIpc) is 2.91. The first-order valence-corrected chi connectivity index (χ1v) is 5.99. The number of carbonyl (C=O) groups is 1. The maximum Gasteiger partial charge on any atom is 0.241 e. The highest BCUT2D eigenvalue weighted by Crippen LogP contribution is 2.37. The number of rotatable bonds is 2. The third-order valence-electron chi connectivity index (χ3n) is 3.97. The fourth-order valence-electron chi connectivity index (χ4n) is 3.11. The van der Waals surface area contributed by atoms with E-state index in [1.165, 1.54) is 6.42 Å². The first kappa shape index (κ1) is 9.60. The van der Waals surface area contributed by atoms with E-state index < -0.39 is 0 Å². The molecule has 0 aromatic rings. The molecule has 0 spiro atoms. The van der Waals surface area contributed by atoms with Gasteiger partial charge in [0.15, 0.2) is 0 Å². The van der Waals surface area contributed by atoms with Gasteiger partial charge < -0.3 is 9.64 Å². The molecule has 3 fully saturated rings. The topological polar surface area (TPSA) is 41.6 Å². The Labute approximate surface area is 90.0 Å². The Morgan fingerprint density at radius 2 is 2.40 bits per heavy atom. The van der Waals surface area contributed by atoms with Gasteiger partial charge in [-0.05, 0) is 25.7 Å². The molecule has 4 heteroatoms. The number of hydrogen-bond donors (Lipinski definition) is 1. The van der Waals surface area contributed by atoms with E-state index in [-0.39, 0.29) is 11.9 Å². The molecule has 3 rings (SSSR count). The molecular weight excluding hydrogens is 192 g/mol. The molecule has 1 N–H and O–H groups in total. The minimum atomic E-state index is 0.0455. The fourth-order valence-corrected chi connectivity index (χ4v) is 3.11. The third-order valence-corrected chi connectivity index (χ3v) is 3.97. The predicted octanol–water partition coefficient (Wildman–Crippen LogP) is 0.474. The van der Waals surface area contributed by atoms with Gasteiger partial charge in [0.25, 0.3) is 0 Å². The summed E-state index contributed by atoms with van der Waals surface area (Å²) in [6.45, 7) is 2.77. The van der Waals surface area contributed by atoms with Gasteiger partial charge in [0, 0.05) is 0 Å². The molecule has 0 radical (unpaired) electrons. The third kappa shape index (κ3) is 1.39. The second-order valence-electron chi connectivity index (χ2n) is 4.81.